The zero-order valence-electron chi connectivity index (χ0n) is 9.58. The highest BCUT2D eigenvalue weighted by molar-refractivity contribution is 5.76. The summed E-state index contributed by atoms with van der Waals surface area (Å²) in [6.07, 6.45) is -1.56. The second-order valence-electron chi connectivity index (χ2n) is 3.64. The van der Waals surface area contributed by atoms with Gasteiger partial charge in [-0.3, -0.25) is 0 Å². The van der Waals surface area contributed by atoms with Gasteiger partial charge in [0.05, 0.1) is 6.61 Å². The Morgan fingerprint density at radius 3 is 2.69 bits per heavy atom. The van der Waals surface area contributed by atoms with Gasteiger partial charge in [0, 0.05) is 5.56 Å². The van der Waals surface area contributed by atoms with Crippen molar-refractivity contribution < 1.29 is 19.0 Å². The molecule has 3 nitrogen and oxygen atoms in total. The van der Waals surface area contributed by atoms with E-state index in [-0.39, 0.29) is 12.2 Å². The highest BCUT2D eigenvalue weighted by Gasteiger charge is 2.23. The number of hydrogen-bond donors (Lipinski definition) is 1. The van der Waals surface area contributed by atoms with E-state index in [2.05, 4.69) is 4.74 Å². The van der Waals surface area contributed by atoms with E-state index in [1.165, 1.54) is 6.07 Å². The normalized spacial score (nSPS) is 12.3. The minimum absolute atomic E-state index is 0.0315. The maximum atomic E-state index is 13.7. The first-order valence-corrected chi connectivity index (χ1v) is 5.08. The molecule has 1 aromatic rings. The van der Waals surface area contributed by atoms with Crippen molar-refractivity contribution in [3.05, 3.63) is 34.6 Å². The van der Waals surface area contributed by atoms with Gasteiger partial charge in [0.25, 0.3) is 0 Å². The molecule has 1 aromatic carbocycles. The molecule has 1 rings (SSSR count). The highest BCUT2D eigenvalue weighted by atomic mass is 19.1. The van der Waals surface area contributed by atoms with E-state index in [1.54, 1.807) is 26.8 Å². The van der Waals surface area contributed by atoms with Gasteiger partial charge in [0.2, 0.25) is 0 Å². The van der Waals surface area contributed by atoms with E-state index in [0.717, 1.165) is 5.56 Å². The van der Waals surface area contributed by atoms with Crippen molar-refractivity contribution in [1.82, 2.24) is 0 Å². The Morgan fingerprint density at radius 2 is 2.12 bits per heavy atom. The molecule has 0 bridgehead atoms. The smallest absolute Gasteiger partial charge is 0.339 e. The molecule has 0 aromatic heterocycles. The average molecular weight is 226 g/mol. The number of hydrogen-bond acceptors (Lipinski definition) is 3. The molecular weight excluding hydrogens is 211 g/mol. The highest BCUT2D eigenvalue weighted by Crippen LogP contribution is 2.22. The van der Waals surface area contributed by atoms with Crippen LogP contribution in [0.25, 0.3) is 0 Å². The Kier molecular flexibility index (Phi) is 4.01. The molecule has 88 valence electrons. The fourth-order valence-corrected chi connectivity index (χ4v) is 1.53. The molecule has 0 aliphatic rings. The number of aryl methyl sites for hydroxylation is 2. The number of aliphatic hydroxyl groups excluding tert-OH is 1. The van der Waals surface area contributed by atoms with Crippen molar-refractivity contribution in [3.63, 3.8) is 0 Å². The Balaban J connectivity index is 3.08. The van der Waals surface area contributed by atoms with E-state index in [1.807, 2.05) is 0 Å². The van der Waals surface area contributed by atoms with Crippen LogP contribution in [-0.2, 0) is 9.53 Å². The Labute approximate surface area is 93.9 Å². The second kappa shape index (κ2) is 5.07. The third-order valence-corrected chi connectivity index (χ3v) is 2.23. The first kappa shape index (κ1) is 12.6. The second-order valence-corrected chi connectivity index (χ2v) is 3.64. The summed E-state index contributed by atoms with van der Waals surface area (Å²) in [6.45, 7) is 5.14. The SMILES string of the molecule is CCOC(=O)C(O)c1cc(C)cc(C)c1F. The molecule has 0 fully saturated rings. The lowest BCUT2D eigenvalue weighted by Gasteiger charge is -2.13. The number of halogens is 1. The Bertz CT molecular complexity index is 401. The van der Waals surface area contributed by atoms with Crippen LogP contribution in [0.1, 0.15) is 29.7 Å². The lowest BCUT2D eigenvalue weighted by molar-refractivity contribution is -0.153. The van der Waals surface area contributed by atoms with Crippen molar-refractivity contribution in [2.24, 2.45) is 0 Å². The molecule has 1 N–H and O–H groups in total. The average Bonchev–Trinajstić information content (AvgIpc) is 2.22. The fourth-order valence-electron chi connectivity index (χ4n) is 1.53. The number of ether oxygens (including phenoxy) is 1. The summed E-state index contributed by atoms with van der Waals surface area (Å²) in [5.74, 6) is -1.39. The van der Waals surface area contributed by atoms with Gasteiger partial charge in [-0.05, 0) is 32.4 Å². The number of benzene rings is 1. The molecule has 0 aliphatic carbocycles. The molecule has 0 amide bonds. The van der Waals surface area contributed by atoms with Crippen molar-refractivity contribution in [3.8, 4) is 0 Å². The molecule has 0 saturated carbocycles. The summed E-state index contributed by atoms with van der Waals surface area (Å²) in [5, 5.41) is 9.64. The largest absolute Gasteiger partial charge is 0.464 e. The quantitative estimate of drug-likeness (QED) is 0.802. The molecule has 1 unspecified atom stereocenters. The number of aliphatic hydroxyl groups is 1. The molecule has 1 atom stereocenters. The van der Waals surface area contributed by atoms with Crippen LogP contribution in [0.4, 0.5) is 4.39 Å². The maximum Gasteiger partial charge on any atom is 0.339 e. The minimum atomic E-state index is -1.56. The van der Waals surface area contributed by atoms with Gasteiger partial charge >= 0.3 is 5.97 Å². The molecule has 4 heteroatoms. The predicted molar refractivity (Wildman–Crippen MR) is 57.5 cm³/mol. The number of carbonyl (C=O) groups is 1. The number of esters is 1. The van der Waals surface area contributed by atoms with Crippen LogP contribution in [-0.4, -0.2) is 17.7 Å². The summed E-state index contributed by atoms with van der Waals surface area (Å²) in [6, 6.07) is 3.10. The summed E-state index contributed by atoms with van der Waals surface area (Å²) < 4.78 is 18.3. The topological polar surface area (TPSA) is 46.5 Å². The zero-order chi connectivity index (χ0) is 12.3. The van der Waals surface area contributed by atoms with Gasteiger partial charge in [-0.2, -0.15) is 0 Å². The molecule has 0 spiro atoms. The van der Waals surface area contributed by atoms with Crippen LogP contribution in [0.3, 0.4) is 0 Å². The Morgan fingerprint density at radius 1 is 1.50 bits per heavy atom. The van der Waals surface area contributed by atoms with Gasteiger partial charge in [-0.1, -0.05) is 11.6 Å². The predicted octanol–water partition coefficient (Wildman–Crippen LogP) is 2.04. The summed E-state index contributed by atoms with van der Waals surface area (Å²) >= 11 is 0. The zero-order valence-corrected chi connectivity index (χ0v) is 9.58. The Hall–Kier alpha value is -1.42. The van der Waals surface area contributed by atoms with Crippen molar-refractivity contribution in [2.45, 2.75) is 26.9 Å². The van der Waals surface area contributed by atoms with E-state index in [0.29, 0.717) is 5.56 Å². The van der Waals surface area contributed by atoms with Gasteiger partial charge < -0.3 is 9.84 Å². The standard InChI is InChI=1S/C12H15FO3/c1-4-16-12(15)11(14)9-6-7(2)5-8(3)10(9)13/h5-6,11,14H,4H2,1-3H3. The van der Waals surface area contributed by atoms with Gasteiger partial charge in [-0.15, -0.1) is 0 Å². The summed E-state index contributed by atoms with van der Waals surface area (Å²) in [5.41, 5.74) is 1.16. The molecule has 0 saturated heterocycles. The monoisotopic (exact) mass is 226 g/mol. The molecule has 0 radical (unpaired) electrons. The van der Waals surface area contributed by atoms with Crippen molar-refractivity contribution in [1.29, 1.82) is 0 Å². The molecular formula is C12H15FO3. The van der Waals surface area contributed by atoms with Crippen LogP contribution in [0, 0.1) is 19.7 Å². The van der Waals surface area contributed by atoms with Crippen LogP contribution >= 0.6 is 0 Å². The van der Waals surface area contributed by atoms with Crippen LogP contribution < -0.4 is 0 Å². The van der Waals surface area contributed by atoms with E-state index < -0.39 is 17.9 Å². The number of carbonyl (C=O) groups excluding carboxylic acids is 1. The van der Waals surface area contributed by atoms with Crippen LogP contribution in [0.2, 0.25) is 0 Å². The van der Waals surface area contributed by atoms with Gasteiger partial charge in [-0.25, -0.2) is 9.18 Å². The van der Waals surface area contributed by atoms with Crippen LogP contribution in [0.15, 0.2) is 12.1 Å². The summed E-state index contributed by atoms with van der Waals surface area (Å²) in [7, 11) is 0. The fraction of sp³-hybridized carbons (Fsp3) is 0.417. The van der Waals surface area contributed by atoms with E-state index in [4.69, 9.17) is 0 Å². The van der Waals surface area contributed by atoms with Gasteiger partial charge in [0.1, 0.15) is 5.82 Å². The minimum Gasteiger partial charge on any atom is -0.464 e. The molecule has 0 heterocycles. The van der Waals surface area contributed by atoms with Crippen molar-refractivity contribution >= 4 is 5.97 Å². The molecule has 16 heavy (non-hydrogen) atoms. The maximum absolute atomic E-state index is 13.7. The molecule has 0 aliphatic heterocycles. The van der Waals surface area contributed by atoms with E-state index >= 15 is 0 Å². The third-order valence-electron chi connectivity index (χ3n) is 2.23. The van der Waals surface area contributed by atoms with Crippen LogP contribution in [0.5, 0.6) is 0 Å². The lowest BCUT2D eigenvalue weighted by Crippen LogP contribution is -2.17. The third kappa shape index (κ3) is 2.58. The first-order chi connectivity index (χ1) is 7.47. The lowest BCUT2D eigenvalue weighted by atomic mass is 10.0. The summed E-state index contributed by atoms with van der Waals surface area (Å²) in [4.78, 5) is 11.3. The first-order valence-electron chi connectivity index (χ1n) is 5.08. The van der Waals surface area contributed by atoms with Crippen molar-refractivity contribution in [2.75, 3.05) is 6.61 Å². The van der Waals surface area contributed by atoms with Gasteiger partial charge in [0.15, 0.2) is 6.10 Å². The number of rotatable bonds is 3. The van der Waals surface area contributed by atoms with E-state index in [9.17, 15) is 14.3 Å².